The Hall–Kier alpha value is -1.91. The minimum atomic E-state index is -0.558. The second-order valence-corrected chi connectivity index (χ2v) is 15.8. The Kier molecular flexibility index (Phi) is 46.6. The molecule has 55 heavy (non-hydrogen) atoms. The van der Waals surface area contributed by atoms with E-state index >= 15 is 0 Å². The number of hydrogen-bond donors (Lipinski definition) is 1. The molecule has 0 aromatic heterocycles. The van der Waals surface area contributed by atoms with Gasteiger partial charge in [0.15, 0.2) is 0 Å². The summed E-state index contributed by atoms with van der Waals surface area (Å²) in [6, 6.07) is 0. The second-order valence-electron chi connectivity index (χ2n) is 15.8. The zero-order chi connectivity index (χ0) is 39.8. The molecule has 0 heterocycles. The molecule has 1 N–H and O–H groups in total. The van der Waals surface area contributed by atoms with Crippen molar-refractivity contribution in [1.29, 1.82) is 0 Å². The molecular weight excluding hydrogens is 677 g/mol. The maximum Gasteiger partial charge on any atom is 0.306 e. The van der Waals surface area contributed by atoms with Gasteiger partial charge < -0.3 is 14.6 Å². The lowest BCUT2D eigenvalue weighted by Gasteiger charge is -2.15. The van der Waals surface area contributed by atoms with Crippen molar-refractivity contribution in [1.82, 2.24) is 0 Å². The average molecular weight is 769 g/mol. The molecule has 0 aliphatic heterocycles. The first-order valence-corrected chi connectivity index (χ1v) is 23.9. The van der Waals surface area contributed by atoms with Crippen molar-refractivity contribution in [3.05, 3.63) is 60.8 Å². The van der Waals surface area contributed by atoms with Crippen LogP contribution in [0.5, 0.6) is 0 Å². The van der Waals surface area contributed by atoms with Crippen LogP contribution in [0.2, 0.25) is 0 Å². The molecule has 0 aliphatic carbocycles. The molecule has 1 unspecified atom stereocenters. The van der Waals surface area contributed by atoms with E-state index in [0.717, 1.165) is 64.2 Å². The van der Waals surface area contributed by atoms with E-state index in [-0.39, 0.29) is 19.2 Å². The molecule has 0 aliphatic rings. The number of unbranched alkanes of at least 4 members (excludes halogenated alkanes) is 26. The van der Waals surface area contributed by atoms with E-state index in [9.17, 15) is 9.90 Å². The van der Waals surface area contributed by atoms with Gasteiger partial charge in [0, 0.05) is 13.0 Å². The highest BCUT2D eigenvalue weighted by atomic mass is 16.6. The van der Waals surface area contributed by atoms with Gasteiger partial charge >= 0.3 is 5.97 Å². The molecule has 1 atom stereocenters. The van der Waals surface area contributed by atoms with Crippen LogP contribution in [0, 0.1) is 0 Å². The second kappa shape index (κ2) is 48.2. The van der Waals surface area contributed by atoms with E-state index in [1.165, 1.54) is 148 Å². The third-order valence-electron chi connectivity index (χ3n) is 10.4. The van der Waals surface area contributed by atoms with Gasteiger partial charge in [-0.25, -0.2) is 0 Å². The highest BCUT2D eigenvalue weighted by molar-refractivity contribution is 5.69. The van der Waals surface area contributed by atoms with Gasteiger partial charge in [-0.15, -0.1) is 0 Å². The Bertz CT molecular complexity index is 900. The number of esters is 1. The van der Waals surface area contributed by atoms with Gasteiger partial charge in [-0.3, -0.25) is 4.79 Å². The fourth-order valence-electron chi connectivity index (χ4n) is 6.83. The van der Waals surface area contributed by atoms with Gasteiger partial charge in [0.25, 0.3) is 0 Å². The Balaban J connectivity index is 3.44. The topological polar surface area (TPSA) is 55.8 Å². The van der Waals surface area contributed by atoms with E-state index in [2.05, 4.69) is 74.6 Å². The minimum Gasteiger partial charge on any atom is -0.457 e. The van der Waals surface area contributed by atoms with Crippen LogP contribution in [-0.2, 0) is 14.3 Å². The van der Waals surface area contributed by atoms with E-state index in [1.54, 1.807) is 0 Å². The summed E-state index contributed by atoms with van der Waals surface area (Å²) in [5.74, 6) is -0.213. The predicted molar refractivity (Wildman–Crippen MR) is 242 cm³/mol. The van der Waals surface area contributed by atoms with Crippen LogP contribution < -0.4 is 0 Å². The molecule has 0 saturated carbocycles. The Morgan fingerprint density at radius 1 is 0.455 bits per heavy atom. The predicted octanol–water partition coefficient (Wildman–Crippen LogP) is 16.0. The molecule has 0 spiro atoms. The lowest BCUT2D eigenvalue weighted by molar-refractivity contribution is -0.154. The van der Waals surface area contributed by atoms with Crippen molar-refractivity contribution in [3.8, 4) is 0 Å². The summed E-state index contributed by atoms with van der Waals surface area (Å²) in [5.41, 5.74) is 0. The van der Waals surface area contributed by atoms with Gasteiger partial charge in [0.2, 0.25) is 0 Å². The summed E-state index contributed by atoms with van der Waals surface area (Å²) in [6.45, 7) is 5.16. The molecule has 0 saturated heterocycles. The third-order valence-corrected chi connectivity index (χ3v) is 10.4. The zero-order valence-electron chi connectivity index (χ0n) is 36.7. The monoisotopic (exact) mass is 769 g/mol. The van der Waals surface area contributed by atoms with Gasteiger partial charge in [-0.05, 0) is 57.8 Å². The summed E-state index contributed by atoms with van der Waals surface area (Å²) in [4.78, 5) is 12.2. The SMILES string of the molecule is CC/C=C\C/C=C\C/C=C\C/C=C\C/C=C\CCCCOCC(CO)OC(=O)CCCCCCCCCCCCCCCCCCCCCCCCCCC. The van der Waals surface area contributed by atoms with Crippen LogP contribution in [0.15, 0.2) is 60.8 Å². The molecule has 4 nitrogen and oxygen atoms in total. The Morgan fingerprint density at radius 2 is 0.818 bits per heavy atom. The van der Waals surface area contributed by atoms with E-state index in [0.29, 0.717) is 13.0 Å². The van der Waals surface area contributed by atoms with E-state index < -0.39 is 6.10 Å². The minimum absolute atomic E-state index is 0.189. The number of allylic oxidation sites excluding steroid dienone is 10. The van der Waals surface area contributed by atoms with Gasteiger partial charge in [0.1, 0.15) is 6.10 Å². The maximum absolute atomic E-state index is 12.2. The molecule has 0 aromatic rings. The van der Waals surface area contributed by atoms with E-state index in [1.807, 2.05) is 0 Å². The zero-order valence-corrected chi connectivity index (χ0v) is 36.7. The normalized spacial score (nSPS) is 12.9. The Labute approximate surface area is 343 Å². The van der Waals surface area contributed by atoms with Crippen molar-refractivity contribution in [2.45, 2.75) is 238 Å². The number of hydrogen-bond acceptors (Lipinski definition) is 4. The summed E-state index contributed by atoms with van der Waals surface area (Å²) in [7, 11) is 0. The molecule has 0 aromatic carbocycles. The molecule has 0 fully saturated rings. The van der Waals surface area contributed by atoms with Crippen LogP contribution in [-0.4, -0.2) is 37.0 Å². The Morgan fingerprint density at radius 3 is 1.20 bits per heavy atom. The lowest BCUT2D eigenvalue weighted by Crippen LogP contribution is -2.27. The molecule has 320 valence electrons. The van der Waals surface area contributed by atoms with Crippen molar-refractivity contribution >= 4 is 5.97 Å². The molecule has 4 heteroatoms. The fourth-order valence-corrected chi connectivity index (χ4v) is 6.83. The quantitative estimate of drug-likeness (QED) is 0.0381. The number of ether oxygens (including phenoxy) is 2. The standard InChI is InChI=1S/C51H92O4/c1-3-5-7-9-11-13-15-17-19-21-23-24-25-26-27-28-29-30-32-34-36-38-40-42-44-46-51(53)55-50(48-52)49-54-47-45-43-41-39-37-35-33-31-22-20-18-16-14-12-10-8-6-4-2/h6,8,12,14,18,20,31,33,37,39,50,52H,3-5,7,9-11,13,15-17,19,21-30,32,34-36,38,40-49H2,1-2H3/b8-6-,14-12-,20-18-,33-31-,39-37-. The molecule has 0 bridgehead atoms. The molecule has 0 radical (unpaired) electrons. The fraction of sp³-hybridized carbons (Fsp3) is 0.784. The van der Waals surface area contributed by atoms with Crippen molar-refractivity contribution in [3.63, 3.8) is 0 Å². The first kappa shape index (κ1) is 53.1. The highest BCUT2D eigenvalue weighted by Gasteiger charge is 2.13. The van der Waals surface area contributed by atoms with Crippen molar-refractivity contribution in [2.75, 3.05) is 19.8 Å². The molecule has 0 rings (SSSR count). The summed E-state index contributed by atoms with van der Waals surface area (Å²) < 4.78 is 11.1. The first-order chi connectivity index (χ1) is 27.2. The lowest BCUT2D eigenvalue weighted by atomic mass is 10.0. The van der Waals surface area contributed by atoms with Crippen LogP contribution in [0.4, 0.5) is 0 Å². The number of carbonyl (C=O) groups is 1. The maximum atomic E-state index is 12.2. The van der Waals surface area contributed by atoms with E-state index in [4.69, 9.17) is 9.47 Å². The first-order valence-electron chi connectivity index (χ1n) is 23.9. The third kappa shape index (κ3) is 46.4. The van der Waals surface area contributed by atoms with Crippen LogP contribution >= 0.6 is 0 Å². The van der Waals surface area contributed by atoms with Gasteiger partial charge in [-0.1, -0.05) is 229 Å². The average Bonchev–Trinajstić information content (AvgIpc) is 3.19. The van der Waals surface area contributed by atoms with Crippen molar-refractivity contribution < 1.29 is 19.4 Å². The van der Waals surface area contributed by atoms with Crippen LogP contribution in [0.3, 0.4) is 0 Å². The molecule has 0 amide bonds. The number of aliphatic hydroxyl groups excluding tert-OH is 1. The number of rotatable bonds is 44. The largest absolute Gasteiger partial charge is 0.457 e. The number of aliphatic hydroxyl groups is 1. The van der Waals surface area contributed by atoms with Crippen molar-refractivity contribution in [2.24, 2.45) is 0 Å². The number of carbonyl (C=O) groups excluding carboxylic acids is 1. The van der Waals surface area contributed by atoms with Crippen LogP contribution in [0.25, 0.3) is 0 Å². The summed E-state index contributed by atoms with van der Waals surface area (Å²) in [6.07, 6.45) is 64.6. The molecular formula is C51H92O4. The smallest absolute Gasteiger partial charge is 0.306 e. The van der Waals surface area contributed by atoms with Gasteiger partial charge in [0.05, 0.1) is 13.2 Å². The van der Waals surface area contributed by atoms with Gasteiger partial charge in [-0.2, -0.15) is 0 Å². The summed E-state index contributed by atoms with van der Waals surface area (Å²) in [5, 5.41) is 9.62. The summed E-state index contributed by atoms with van der Waals surface area (Å²) >= 11 is 0. The highest BCUT2D eigenvalue weighted by Crippen LogP contribution is 2.16. The van der Waals surface area contributed by atoms with Crippen LogP contribution in [0.1, 0.15) is 232 Å².